The second-order valence-electron chi connectivity index (χ2n) is 6.09. The monoisotopic (exact) mass is 312 g/mol. The molecule has 0 spiro atoms. The van der Waals surface area contributed by atoms with Crippen molar-refractivity contribution < 1.29 is 9.53 Å². The summed E-state index contributed by atoms with van der Waals surface area (Å²) in [5.41, 5.74) is -0.485. The van der Waals surface area contributed by atoms with E-state index in [1.54, 1.807) is 6.07 Å². The number of carbonyl (C=O) groups is 1. The summed E-state index contributed by atoms with van der Waals surface area (Å²) in [5.74, 6) is 0.785. The first-order valence-electron chi connectivity index (χ1n) is 7.08. The molecule has 1 fully saturated rings. The molecule has 7 heteroatoms. The van der Waals surface area contributed by atoms with Crippen LogP contribution >= 0.6 is 11.6 Å². The third-order valence-electron chi connectivity index (χ3n) is 3.17. The Balaban J connectivity index is 1.90. The van der Waals surface area contributed by atoms with Crippen LogP contribution in [0.2, 0.25) is 5.15 Å². The summed E-state index contributed by atoms with van der Waals surface area (Å²) < 4.78 is 5.24. The molecule has 116 valence electrons. The van der Waals surface area contributed by atoms with Crippen molar-refractivity contribution in [2.45, 2.75) is 45.3 Å². The summed E-state index contributed by atoms with van der Waals surface area (Å²) in [4.78, 5) is 13.8. The predicted octanol–water partition coefficient (Wildman–Crippen LogP) is 2.62. The van der Waals surface area contributed by atoms with Crippen molar-refractivity contribution in [1.82, 2.24) is 15.5 Å². The van der Waals surface area contributed by atoms with Gasteiger partial charge in [-0.15, -0.1) is 10.2 Å². The van der Waals surface area contributed by atoms with Crippen LogP contribution in [0.4, 0.5) is 10.6 Å². The summed E-state index contributed by atoms with van der Waals surface area (Å²) in [5, 5.41) is 11.2. The van der Waals surface area contributed by atoms with E-state index in [4.69, 9.17) is 16.3 Å². The molecule has 1 aromatic rings. The fourth-order valence-corrected chi connectivity index (χ4v) is 2.43. The summed E-state index contributed by atoms with van der Waals surface area (Å²) in [6.07, 6.45) is 1.67. The molecule has 1 atom stereocenters. The predicted molar refractivity (Wildman–Crippen MR) is 81.6 cm³/mol. The molecule has 1 amide bonds. The Morgan fingerprint density at radius 1 is 1.48 bits per heavy atom. The molecule has 2 rings (SSSR count). The number of rotatable bonds is 3. The minimum atomic E-state index is -0.485. The van der Waals surface area contributed by atoms with Gasteiger partial charge in [0.2, 0.25) is 0 Å². The fraction of sp³-hybridized carbons (Fsp3) is 0.643. The van der Waals surface area contributed by atoms with Gasteiger partial charge in [-0.3, -0.25) is 0 Å². The van der Waals surface area contributed by atoms with E-state index in [2.05, 4.69) is 20.4 Å². The highest BCUT2D eigenvalue weighted by Crippen LogP contribution is 2.23. The van der Waals surface area contributed by atoms with E-state index in [9.17, 15) is 4.79 Å². The van der Waals surface area contributed by atoms with Gasteiger partial charge in [0, 0.05) is 19.1 Å². The number of ether oxygens (including phenoxy) is 1. The van der Waals surface area contributed by atoms with E-state index < -0.39 is 11.7 Å². The van der Waals surface area contributed by atoms with Gasteiger partial charge in [0.25, 0.3) is 0 Å². The van der Waals surface area contributed by atoms with E-state index in [1.165, 1.54) is 0 Å². The van der Waals surface area contributed by atoms with Crippen molar-refractivity contribution in [2.24, 2.45) is 0 Å². The Bertz CT molecular complexity index is 487. The van der Waals surface area contributed by atoms with Crippen molar-refractivity contribution in [3.8, 4) is 0 Å². The van der Waals surface area contributed by atoms with Gasteiger partial charge >= 0.3 is 6.09 Å². The summed E-state index contributed by atoms with van der Waals surface area (Å²) in [6, 6.07) is 3.77. The second kappa shape index (κ2) is 6.47. The standard InChI is InChI=1S/C14H21ClN4O2/c1-14(2,3)21-13(20)16-9-10-5-4-8-19(10)12-7-6-11(15)17-18-12/h6-7,10H,4-5,8-9H2,1-3H3,(H,16,20)/t10-/m1/s1. The van der Waals surface area contributed by atoms with E-state index >= 15 is 0 Å². The van der Waals surface area contributed by atoms with Gasteiger partial charge in [0.1, 0.15) is 5.60 Å². The van der Waals surface area contributed by atoms with Gasteiger partial charge in [0.05, 0.1) is 0 Å². The quantitative estimate of drug-likeness (QED) is 0.929. The zero-order valence-corrected chi connectivity index (χ0v) is 13.4. The molecule has 0 saturated carbocycles. The Kier molecular flexibility index (Phi) is 4.88. The molecule has 1 saturated heterocycles. The Morgan fingerprint density at radius 3 is 2.86 bits per heavy atom. The maximum Gasteiger partial charge on any atom is 0.407 e. The smallest absolute Gasteiger partial charge is 0.407 e. The summed E-state index contributed by atoms with van der Waals surface area (Å²) in [6.45, 7) is 6.96. The minimum Gasteiger partial charge on any atom is -0.444 e. The molecule has 21 heavy (non-hydrogen) atoms. The average Bonchev–Trinajstić information content (AvgIpc) is 2.83. The first-order valence-corrected chi connectivity index (χ1v) is 7.46. The number of aromatic nitrogens is 2. The van der Waals surface area contributed by atoms with E-state index in [0.717, 1.165) is 25.2 Å². The van der Waals surface area contributed by atoms with Crippen LogP contribution in [0.25, 0.3) is 0 Å². The Hall–Kier alpha value is -1.56. The van der Waals surface area contributed by atoms with Crippen LogP contribution in [0.5, 0.6) is 0 Å². The summed E-state index contributed by atoms with van der Waals surface area (Å²) >= 11 is 5.75. The number of anilines is 1. The molecule has 0 radical (unpaired) electrons. The number of amides is 1. The molecule has 1 aromatic heterocycles. The molecule has 0 unspecified atom stereocenters. The van der Waals surface area contributed by atoms with Crippen molar-refractivity contribution >= 4 is 23.5 Å². The number of carbonyl (C=O) groups excluding carboxylic acids is 1. The number of hydrogen-bond donors (Lipinski definition) is 1. The number of alkyl carbamates (subject to hydrolysis) is 1. The molecule has 1 N–H and O–H groups in total. The van der Waals surface area contributed by atoms with Gasteiger partial charge in [-0.05, 0) is 45.7 Å². The lowest BCUT2D eigenvalue weighted by Gasteiger charge is -2.26. The van der Waals surface area contributed by atoms with Crippen LogP contribution in [0.3, 0.4) is 0 Å². The minimum absolute atomic E-state index is 0.202. The number of nitrogens with zero attached hydrogens (tertiary/aromatic N) is 3. The van der Waals surface area contributed by atoms with Gasteiger partial charge in [-0.2, -0.15) is 0 Å². The molecule has 1 aliphatic heterocycles. The maximum atomic E-state index is 11.7. The topological polar surface area (TPSA) is 67.3 Å². The van der Waals surface area contributed by atoms with Gasteiger partial charge in [-0.25, -0.2) is 4.79 Å². The van der Waals surface area contributed by atoms with Gasteiger partial charge in [0.15, 0.2) is 11.0 Å². The van der Waals surface area contributed by atoms with Crippen molar-refractivity contribution in [2.75, 3.05) is 18.0 Å². The number of hydrogen-bond acceptors (Lipinski definition) is 5. The van der Waals surface area contributed by atoms with Gasteiger partial charge < -0.3 is 15.0 Å². The Labute approximate surface area is 129 Å². The number of halogens is 1. The third-order valence-corrected chi connectivity index (χ3v) is 3.37. The highest BCUT2D eigenvalue weighted by atomic mass is 35.5. The summed E-state index contributed by atoms with van der Waals surface area (Å²) in [7, 11) is 0. The largest absolute Gasteiger partial charge is 0.444 e. The second-order valence-corrected chi connectivity index (χ2v) is 6.47. The van der Waals surface area contributed by atoms with Crippen LogP contribution in [0.15, 0.2) is 12.1 Å². The molecule has 0 aromatic carbocycles. The highest BCUT2D eigenvalue weighted by Gasteiger charge is 2.27. The van der Waals surface area contributed by atoms with Crippen LogP contribution < -0.4 is 10.2 Å². The fourth-order valence-electron chi connectivity index (χ4n) is 2.33. The SMILES string of the molecule is CC(C)(C)OC(=O)NC[C@H]1CCCN1c1ccc(Cl)nn1. The van der Waals surface area contributed by atoms with E-state index in [-0.39, 0.29) is 6.04 Å². The van der Waals surface area contributed by atoms with Crippen LogP contribution in [-0.4, -0.2) is 41.0 Å². The van der Waals surface area contributed by atoms with E-state index in [0.29, 0.717) is 11.7 Å². The first kappa shape index (κ1) is 15.8. The van der Waals surface area contributed by atoms with Crippen molar-refractivity contribution in [3.05, 3.63) is 17.3 Å². The zero-order chi connectivity index (χ0) is 15.5. The Morgan fingerprint density at radius 2 is 2.24 bits per heavy atom. The molecular formula is C14H21ClN4O2. The normalized spacial score (nSPS) is 18.7. The molecule has 1 aliphatic rings. The molecule has 0 aliphatic carbocycles. The molecular weight excluding hydrogens is 292 g/mol. The van der Waals surface area contributed by atoms with E-state index in [1.807, 2.05) is 26.8 Å². The third kappa shape index (κ3) is 4.74. The number of nitrogens with one attached hydrogen (secondary N) is 1. The van der Waals surface area contributed by atoms with Crippen LogP contribution in [0, 0.1) is 0 Å². The molecule has 6 nitrogen and oxygen atoms in total. The van der Waals surface area contributed by atoms with Crippen LogP contribution in [0.1, 0.15) is 33.6 Å². The lowest BCUT2D eigenvalue weighted by Crippen LogP contribution is -2.42. The highest BCUT2D eigenvalue weighted by molar-refractivity contribution is 6.29. The zero-order valence-electron chi connectivity index (χ0n) is 12.6. The lowest BCUT2D eigenvalue weighted by molar-refractivity contribution is 0.0525. The average molecular weight is 313 g/mol. The molecule has 2 heterocycles. The lowest BCUT2D eigenvalue weighted by atomic mass is 10.2. The maximum absolute atomic E-state index is 11.7. The van der Waals surface area contributed by atoms with Crippen molar-refractivity contribution in [1.29, 1.82) is 0 Å². The van der Waals surface area contributed by atoms with Crippen molar-refractivity contribution in [3.63, 3.8) is 0 Å². The van der Waals surface area contributed by atoms with Crippen LogP contribution in [-0.2, 0) is 4.74 Å². The van der Waals surface area contributed by atoms with Gasteiger partial charge in [-0.1, -0.05) is 11.6 Å². The first-order chi connectivity index (χ1) is 9.85. The molecule has 0 bridgehead atoms.